The average molecular weight is 311 g/mol. The van der Waals surface area contributed by atoms with Gasteiger partial charge in [0.2, 0.25) is 5.91 Å². The van der Waals surface area contributed by atoms with Crippen molar-refractivity contribution in [3.63, 3.8) is 0 Å². The topological polar surface area (TPSA) is 71.1 Å². The third kappa shape index (κ3) is 4.92. The summed E-state index contributed by atoms with van der Waals surface area (Å²) in [6.45, 7) is 5.99. The molecule has 120 valence electrons. The molecule has 0 saturated carbocycles. The molecule has 0 radical (unpaired) electrons. The van der Waals surface area contributed by atoms with Gasteiger partial charge in [0.05, 0.1) is 5.56 Å². The number of nitrogens with one attached hydrogen (secondary N) is 2. The molecule has 5 heteroatoms. The van der Waals surface area contributed by atoms with Gasteiger partial charge in [-0.15, -0.1) is 0 Å². The molecule has 0 saturated heterocycles. The third-order valence-corrected chi connectivity index (χ3v) is 3.37. The molecule has 2 N–H and O–H groups in total. The lowest BCUT2D eigenvalue weighted by molar-refractivity contribution is -0.118. The monoisotopic (exact) mass is 311 g/mol. The molecule has 5 nitrogen and oxygen atoms in total. The van der Waals surface area contributed by atoms with E-state index in [1.807, 2.05) is 45.0 Å². The van der Waals surface area contributed by atoms with Crippen molar-refractivity contribution in [3.8, 4) is 0 Å². The molecule has 23 heavy (non-hydrogen) atoms. The van der Waals surface area contributed by atoms with Crippen LogP contribution in [0.5, 0.6) is 0 Å². The van der Waals surface area contributed by atoms with Gasteiger partial charge < -0.3 is 10.6 Å². The van der Waals surface area contributed by atoms with Gasteiger partial charge in [-0.2, -0.15) is 0 Å². The smallest absolute Gasteiger partial charge is 0.253 e. The SMILES string of the molecule is Cc1ccc(C(=O)NCc2ccc(NC(=O)C(C)C)cc2)cn1. The van der Waals surface area contributed by atoms with E-state index >= 15 is 0 Å². The lowest BCUT2D eigenvalue weighted by atomic mass is 10.1. The van der Waals surface area contributed by atoms with E-state index in [-0.39, 0.29) is 17.7 Å². The molecule has 0 bridgehead atoms. The largest absolute Gasteiger partial charge is 0.348 e. The zero-order valence-corrected chi connectivity index (χ0v) is 13.6. The second kappa shape index (κ2) is 7.54. The molecule has 0 aliphatic heterocycles. The van der Waals surface area contributed by atoms with Crippen LogP contribution in [0.25, 0.3) is 0 Å². The van der Waals surface area contributed by atoms with E-state index in [1.54, 1.807) is 18.3 Å². The lowest BCUT2D eigenvalue weighted by Gasteiger charge is -2.09. The number of hydrogen-bond acceptors (Lipinski definition) is 3. The highest BCUT2D eigenvalue weighted by molar-refractivity contribution is 5.94. The van der Waals surface area contributed by atoms with E-state index in [1.165, 1.54) is 0 Å². The van der Waals surface area contributed by atoms with Crippen molar-refractivity contribution >= 4 is 17.5 Å². The van der Waals surface area contributed by atoms with Crippen LogP contribution in [0.15, 0.2) is 42.6 Å². The summed E-state index contributed by atoms with van der Waals surface area (Å²) in [4.78, 5) is 27.7. The summed E-state index contributed by atoms with van der Waals surface area (Å²) >= 11 is 0. The Morgan fingerprint density at radius 2 is 1.78 bits per heavy atom. The van der Waals surface area contributed by atoms with Crippen LogP contribution in [0.2, 0.25) is 0 Å². The zero-order valence-electron chi connectivity index (χ0n) is 13.6. The summed E-state index contributed by atoms with van der Waals surface area (Å²) in [5.41, 5.74) is 3.12. The molecule has 0 fully saturated rings. The van der Waals surface area contributed by atoms with E-state index in [9.17, 15) is 9.59 Å². The van der Waals surface area contributed by atoms with Crippen molar-refractivity contribution in [2.75, 3.05) is 5.32 Å². The summed E-state index contributed by atoms with van der Waals surface area (Å²) in [6.07, 6.45) is 1.56. The van der Waals surface area contributed by atoms with Crippen molar-refractivity contribution < 1.29 is 9.59 Å². The van der Waals surface area contributed by atoms with Gasteiger partial charge in [-0.3, -0.25) is 14.6 Å². The molecule has 0 unspecified atom stereocenters. The number of carbonyl (C=O) groups is 2. The van der Waals surface area contributed by atoms with Crippen LogP contribution in [0, 0.1) is 12.8 Å². The highest BCUT2D eigenvalue weighted by Crippen LogP contribution is 2.11. The summed E-state index contributed by atoms with van der Waals surface area (Å²) in [6, 6.07) is 11.0. The maximum atomic E-state index is 12.0. The number of benzene rings is 1. The summed E-state index contributed by atoms with van der Waals surface area (Å²) in [5.74, 6) is -0.232. The second-order valence-electron chi connectivity index (χ2n) is 5.71. The summed E-state index contributed by atoms with van der Waals surface area (Å²) < 4.78 is 0. The second-order valence-corrected chi connectivity index (χ2v) is 5.71. The Bertz CT molecular complexity index is 676. The van der Waals surface area contributed by atoms with Crippen LogP contribution >= 0.6 is 0 Å². The minimum absolute atomic E-state index is 0.0158. The first-order valence-corrected chi connectivity index (χ1v) is 7.56. The molecule has 0 spiro atoms. The molecular weight excluding hydrogens is 290 g/mol. The Kier molecular flexibility index (Phi) is 5.46. The number of aromatic nitrogens is 1. The average Bonchev–Trinajstić information content (AvgIpc) is 2.54. The predicted octanol–water partition coefficient (Wildman–Crippen LogP) is 2.91. The number of anilines is 1. The van der Waals surface area contributed by atoms with Gasteiger partial charge in [0.25, 0.3) is 5.91 Å². The van der Waals surface area contributed by atoms with Crippen LogP contribution in [0.4, 0.5) is 5.69 Å². The number of hydrogen-bond donors (Lipinski definition) is 2. The number of pyridine rings is 1. The normalized spacial score (nSPS) is 10.4. The van der Waals surface area contributed by atoms with Gasteiger partial charge in [-0.1, -0.05) is 26.0 Å². The lowest BCUT2D eigenvalue weighted by Crippen LogP contribution is -2.23. The van der Waals surface area contributed by atoms with E-state index in [4.69, 9.17) is 0 Å². The number of carbonyl (C=O) groups excluding carboxylic acids is 2. The predicted molar refractivity (Wildman–Crippen MR) is 90.1 cm³/mol. The molecule has 0 aliphatic carbocycles. The summed E-state index contributed by atoms with van der Waals surface area (Å²) in [5, 5.41) is 5.68. The van der Waals surface area contributed by atoms with Crippen LogP contribution in [0.1, 0.15) is 35.5 Å². The first-order chi connectivity index (χ1) is 11.0. The van der Waals surface area contributed by atoms with Gasteiger partial charge in [0.1, 0.15) is 0 Å². The number of amides is 2. The Hall–Kier alpha value is -2.69. The van der Waals surface area contributed by atoms with Gasteiger partial charge in [0, 0.05) is 30.0 Å². The van der Waals surface area contributed by atoms with Crippen molar-refractivity contribution in [2.24, 2.45) is 5.92 Å². The molecule has 2 aromatic rings. The van der Waals surface area contributed by atoms with Crippen LogP contribution in [-0.4, -0.2) is 16.8 Å². The van der Waals surface area contributed by atoms with E-state index in [0.29, 0.717) is 12.1 Å². The van der Waals surface area contributed by atoms with Crippen LogP contribution < -0.4 is 10.6 Å². The molecule has 2 amide bonds. The molecule has 1 aromatic heterocycles. The number of nitrogens with zero attached hydrogens (tertiary/aromatic N) is 1. The fourth-order valence-electron chi connectivity index (χ4n) is 1.88. The zero-order chi connectivity index (χ0) is 16.8. The standard InChI is InChI=1S/C18H21N3O2/c1-12(2)17(22)21-16-8-5-14(6-9-16)10-20-18(23)15-7-4-13(3)19-11-15/h4-9,11-12H,10H2,1-3H3,(H,20,23)(H,21,22). The number of aryl methyl sites for hydroxylation is 1. The van der Waals surface area contributed by atoms with E-state index in [2.05, 4.69) is 15.6 Å². The minimum atomic E-state index is -0.158. The summed E-state index contributed by atoms with van der Waals surface area (Å²) in [7, 11) is 0. The van der Waals surface area contributed by atoms with E-state index < -0.39 is 0 Å². The van der Waals surface area contributed by atoms with Gasteiger partial charge >= 0.3 is 0 Å². The quantitative estimate of drug-likeness (QED) is 0.892. The van der Waals surface area contributed by atoms with Gasteiger partial charge in [-0.05, 0) is 36.8 Å². The molecule has 2 rings (SSSR count). The van der Waals surface area contributed by atoms with Crippen LogP contribution in [0.3, 0.4) is 0 Å². The molecule has 0 atom stereocenters. The fraction of sp³-hybridized carbons (Fsp3) is 0.278. The Morgan fingerprint density at radius 3 is 2.35 bits per heavy atom. The van der Waals surface area contributed by atoms with E-state index in [0.717, 1.165) is 16.9 Å². The minimum Gasteiger partial charge on any atom is -0.348 e. The van der Waals surface area contributed by atoms with Crippen molar-refractivity contribution in [1.82, 2.24) is 10.3 Å². The Labute approximate surface area is 136 Å². The third-order valence-electron chi connectivity index (χ3n) is 3.37. The molecular formula is C18H21N3O2. The van der Waals surface area contributed by atoms with Crippen molar-refractivity contribution in [1.29, 1.82) is 0 Å². The van der Waals surface area contributed by atoms with Crippen LogP contribution in [-0.2, 0) is 11.3 Å². The maximum absolute atomic E-state index is 12.0. The highest BCUT2D eigenvalue weighted by atomic mass is 16.2. The number of rotatable bonds is 5. The Balaban J connectivity index is 1.90. The molecule has 1 aromatic carbocycles. The molecule has 0 aliphatic rings. The highest BCUT2D eigenvalue weighted by Gasteiger charge is 2.08. The fourth-order valence-corrected chi connectivity index (χ4v) is 1.88. The molecule has 1 heterocycles. The van der Waals surface area contributed by atoms with Crippen molar-refractivity contribution in [3.05, 3.63) is 59.4 Å². The van der Waals surface area contributed by atoms with Gasteiger partial charge in [-0.25, -0.2) is 0 Å². The first-order valence-electron chi connectivity index (χ1n) is 7.56. The van der Waals surface area contributed by atoms with Crippen molar-refractivity contribution in [2.45, 2.75) is 27.3 Å². The maximum Gasteiger partial charge on any atom is 0.253 e. The Morgan fingerprint density at radius 1 is 1.09 bits per heavy atom. The van der Waals surface area contributed by atoms with Gasteiger partial charge in [0.15, 0.2) is 0 Å². The first kappa shape index (κ1) is 16.7.